The normalized spacial score (nSPS) is 9.46. The third-order valence-electron chi connectivity index (χ3n) is 1.67. The molecule has 0 fully saturated rings. The zero-order chi connectivity index (χ0) is 8.01. The minimum Gasteiger partial charge on any atom is -0.292 e. The zero-order valence-electron chi connectivity index (χ0n) is 6.77. The van der Waals surface area contributed by atoms with E-state index in [0.29, 0.717) is 0 Å². The Morgan fingerprint density at radius 3 is 2.38 bits per heavy atom. The summed E-state index contributed by atoms with van der Waals surface area (Å²) in [4.78, 5) is 2.26. The molecule has 69 valence electrons. The van der Waals surface area contributed by atoms with Crippen LogP contribution in [0.4, 0.5) is 4.39 Å². The van der Waals surface area contributed by atoms with Crippen molar-refractivity contribution in [3.05, 3.63) is 21.0 Å². The van der Waals surface area contributed by atoms with Crippen LogP contribution in [0.2, 0.25) is 0 Å². The Kier molecular flexibility index (Phi) is 5.23. The molecule has 0 amide bonds. The number of hydrogen-bond acceptors (Lipinski definition) is 2. The van der Waals surface area contributed by atoms with Gasteiger partial charge in [0.05, 0.1) is 0 Å². The molecule has 0 spiro atoms. The van der Waals surface area contributed by atoms with Crippen molar-refractivity contribution in [2.45, 2.75) is 21.3 Å². The van der Waals surface area contributed by atoms with Gasteiger partial charge in [0.15, 0.2) is 0 Å². The van der Waals surface area contributed by atoms with Crippen molar-refractivity contribution in [1.82, 2.24) is 0 Å². The SMILES string of the molecule is C.Cc1sc(C)c2c(F)[c-]sc12.[Y]. The van der Waals surface area contributed by atoms with E-state index in [4.69, 9.17) is 0 Å². The summed E-state index contributed by atoms with van der Waals surface area (Å²) in [7, 11) is 0. The van der Waals surface area contributed by atoms with E-state index in [1.165, 1.54) is 16.2 Å². The van der Waals surface area contributed by atoms with Gasteiger partial charge in [-0.3, -0.25) is 11.3 Å². The molecule has 0 unspecified atom stereocenters. The van der Waals surface area contributed by atoms with Crippen LogP contribution in [0, 0.1) is 25.0 Å². The van der Waals surface area contributed by atoms with Crippen LogP contribution in [0.5, 0.6) is 0 Å². The second kappa shape index (κ2) is 4.97. The zero-order valence-corrected chi connectivity index (χ0v) is 11.2. The Bertz CT molecular complexity index is 403. The van der Waals surface area contributed by atoms with Gasteiger partial charge in [-0.05, 0) is 18.7 Å². The molecule has 1 radical (unpaired) electrons. The first-order valence-electron chi connectivity index (χ1n) is 3.26. The Morgan fingerprint density at radius 2 is 1.85 bits per heavy atom. The second-order valence-electron chi connectivity index (χ2n) is 2.44. The van der Waals surface area contributed by atoms with Gasteiger partial charge in [-0.25, -0.2) is 4.39 Å². The Hall–Kier alpha value is 0.694. The number of thiophene rings is 2. The second-order valence-corrected chi connectivity index (χ2v) is 4.68. The Labute approximate surface area is 111 Å². The van der Waals surface area contributed by atoms with Gasteiger partial charge in [0.1, 0.15) is 0 Å². The van der Waals surface area contributed by atoms with Crippen LogP contribution in [0.15, 0.2) is 0 Å². The van der Waals surface area contributed by atoms with Crippen LogP contribution in [-0.4, -0.2) is 0 Å². The topological polar surface area (TPSA) is 0 Å². The summed E-state index contributed by atoms with van der Waals surface area (Å²) in [5.74, 6) is -0.188. The van der Waals surface area contributed by atoms with Crippen molar-refractivity contribution in [1.29, 1.82) is 0 Å². The molecule has 0 aliphatic carbocycles. The molecule has 0 N–H and O–H groups in total. The van der Waals surface area contributed by atoms with Crippen molar-refractivity contribution in [2.75, 3.05) is 0 Å². The van der Waals surface area contributed by atoms with Gasteiger partial charge in [-0.15, -0.1) is 10.1 Å². The monoisotopic (exact) mass is 290 g/mol. The van der Waals surface area contributed by atoms with Gasteiger partial charge in [0.2, 0.25) is 0 Å². The predicted molar refractivity (Wildman–Crippen MR) is 54.7 cm³/mol. The third kappa shape index (κ3) is 2.20. The number of hydrogen-bond donors (Lipinski definition) is 0. The molecule has 13 heavy (non-hydrogen) atoms. The standard InChI is InChI=1S/C8H6FS2.CH4.Y/c1-4-7-6(9)3-10-8(7)5(2)11-4;;/h1-2H3;1H4;/q-1;;. The molecule has 2 aromatic rings. The average Bonchev–Trinajstić information content (AvgIpc) is 2.41. The molecule has 0 bridgehead atoms. The van der Waals surface area contributed by atoms with E-state index >= 15 is 0 Å². The summed E-state index contributed by atoms with van der Waals surface area (Å²) in [6.07, 6.45) is 0. The van der Waals surface area contributed by atoms with E-state index in [1.54, 1.807) is 11.3 Å². The third-order valence-corrected chi connectivity index (χ3v) is 3.81. The smallest absolute Gasteiger partial charge is 0.0195 e. The molecule has 0 atom stereocenters. The summed E-state index contributed by atoms with van der Waals surface area (Å²) >= 11 is 3.03. The molecule has 4 heteroatoms. The van der Waals surface area contributed by atoms with Crippen LogP contribution in [0.25, 0.3) is 10.1 Å². The molecule has 2 aromatic heterocycles. The minimum absolute atomic E-state index is 0. The molecule has 0 nitrogen and oxygen atoms in total. The van der Waals surface area contributed by atoms with Gasteiger partial charge < -0.3 is 0 Å². The maximum absolute atomic E-state index is 13.0. The summed E-state index contributed by atoms with van der Waals surface area (Å²) in [6, 6.07) is 0. The van der Waals surface area contributed by atoms with Crippen molar-refractivity contribution >= 4 is 32.8 Å². The molecular formula is C9H10FS2Y-. The molecule has 2 heterocycles. The minimum atomic E-state index is -0.188. The van der Waals surface area contributed by atoms with Crippen LogP contribution in [-0.2, 0) is 32.7 Å². The number of halogens is 1. The first-order chi connectivity index (χ1) is 5.20. The summed E-state index contributed by atoms with van der Waals surface area (Å²) < 4.78 is 14.0. The molecule has 0 saturated heterocycles. The van der Waals surface area contributed by atoms with E-state index in [2.05, 4.69) is 5.38 Å². The summed E-state index contributed by atoms with van der Waals surface area (Å²) in [6.45, 7) is 3.97. The van der Waals surface area contributed by atoms with Gasteiger partial charge in [0.25, 0.3) is 0 Å². The van der Waals surface area contributed by atoms with Crippen molar-refractivity contribution in [2.24, 2.45) is 0 Å². The van der Waals surface area contributed by atoms with Gasteiger partial charge >= 0.3 is 0 Å². The molecule has 0 saturated carbocycles. The Balaban J connectivity index is 0.000000720. The van der Waals surface area contributed by atoms with E-state index in [1.807, 2.05) is 13.8 Å². The number of fused-ring (bicyclic) bond motifs is 1. The van der Waals surface area contributed by atoms with Crippen LogP contribution >= 0.6 is 22.7 Å². The fraction of sp³-hybridized carbons (Fsp3) is 0.333. The van der Waals surface area contributed by atoms with Crippen molar-refractivity contribution in [3.63, 3.8) is 0 Å². The molecule has 0 aliphatic heterocycles. The first-order valence-corrected chi connectivity index (χ1v) is 4.89. The van der Waals surface area contributed by atoms with Crippen LogP contribution in [0.3, 0.4) is 0 Å². The first kappa shape index (κ1) is 13.7. The van der Waals surface area contributed by atoms with E-state index in [9.17, 15) is 4.39 Å². The predicted octanol–water partition coefficient (Wildman–Crippen LogP) is 4.15. The maximum Gasteiger partial charge on any atom is 0.0195 e. The largest absolute Gasteiger partial charge is 0.292 e. The Morgan fingerprint density at radius 1 is 1.23 bits per heavy atom. The summed E-state index contributed by atoms with van der Waals surface area (Å²) in [5, 5.41) is 3.40. The average molecular weight is 290 g/mol. The molecule has 0 aromatic carbocycles. The van der Waals surface area contributed by atoms with Crippen LogP contribution < -0.4 is 0 Å². The van der Waals surface area contributed by atoms with Gasteiger partial charge in [-0.2, -0.15) is 11.3 Å². The van der Waals surface area contributed by atoms with Crippen molar-refractivity contribution < 1.29 is 37.1 Å². The van der Waals surface area contributed by atoms with Gasteiger partial charge in [0, 0.05) is 38.5 Å². The molecular weight excluding hydrogens is 280 g/mol. The number of rotatable bonds is 0. The quantitative estimate of drug-likeness (QED) is 0.639. The van der Waals surface area contributed by atoms with Gasteiger partial charge in [-0.1, -0.05) is 17.7 Å². The van der Waals surface area contributed by atoms with E-state index < -0.39 is 0 Å². The molecule has 2 rings (SSSR count). The van der Waals surface area contributed by atoms with E-state index in [-0.39, 0.29) is 46.0 Å². The fourth-order valence-corrected chi connectivity index (χ4v) is 3.23. The van der Waals surface area contributed by atoms with Crippen LogP contribution in [0.1, 0.15) is 17.2 Å². The van der Waals surface area contributed by atoms with Crippen molar-refractivity contribution in [3.8, 4) is 0 Å². The fourth-order valence-electron chi connectivity index (χ4n) is 1.19. The molecule has 0 aliphatic rings. The van der Waals surface area contributed by atoms with E-state index in [0.717, 1.165) is 15.0 Å². The number of aryl methyl sites for hydroxylation is 2. The summed E-state index contributed by atoms with van der Waals surface area (Å²) in [5.41, 5.74) is 0. The maximum atomic E-state index is 13.0.